The molecule has 0 saturated carbocycles. The van der Waals surface area contributed by atoms with Gasteiger partial charge in [0.15, 0.2) is 0 Å². The highest BCUT2D eigenvalue weighted by atomic mass is 32.2. The maximum atomic E-state index is 13.2. The first-order valence-corrected chi connectivity index (χ1v) is 7.63. The molecule has 0 radical (unpaired) electrons. The zero-order valence-corrected chi connectivity index (χ0v) is 11.2. The Morgan fingerprint density at radius 2 is 2.26 bits per heavy atom. The van der Waals surface area contributed by atoms with Gasteiger partial charge in [-0.3, -0.25) is 0 Å². The van der Waals surface area contributed by atoms with E-state index in [-0.39, 0.29) is 23.2 Å². The summed E-state index contributed by atoms with van der Waals surface area (Å²) in [4.78, 5) is -0.119. The Hall–Kier alpha value is -1.18. The first-order chi connectivity index (χ1) is 8.99. The Kier molecular flexibility index (Phi) is 4.38. The number of hydrogen-bond acceptors (Lipinski definition) is 4. The van der Waals surface area contributed by atoms with Gasteiger partial charge in [0.25, 0.3) is 0 Å². The number of benzene rings is 1. The number of ether oxygens (including phenoxy) is 1. The van der Waals surface area contributed by atoms with Gasteiger partial charge in [0, 0.05) is 13.2 Å². The van der Waals surface area contributed by atoms with Crippen molar-refractivity contribution in [3.8, 4) is 0 Å². The molecule has 1 unspecified atom stereocenters. The molecule has 19 heavy (non-hydrogen) atoms. The summed E-state index contributed by atoms with van der Waals surface area (Å²) in [7, 11) is -3.69. The average molecular weight is 288 g/mol. The van der Waals surface area contributed by atoms with E-state index in [9.17, 15) is 12.8 Å². The largest absolute Gasteiger partial charge is 0.396 e. The molecule has 1 atom stereocenters. The molecule has 1 aromatic carbocycles. The van der Waals surface area contributed by atoms with Crippen LogP contribution in [0.25, 0.3) is 0 Å². The molecular weight excluding hydrogens is 271 g/mol. The Labute approximate surface area is 112 Å². The minimum Gasteiger partial charge on any atom is -0.396 e. The van der Waals surface area contributed by atoms with Crippen molar-refractivity contribution >= 4 is 15.7 Å². The lowest BCUT2D eigenvalue weighted by atomic mass is 10.2. The summed E-state index contributed by atoms with van der Waals surface area (Å²) in [6.45, 7) is 1.01. The van der Waals surface area contributed by atoms with Crippen LogP contribution in [0.2, 0.25) is 0 Å². The van der Waals surface area contributed by atoms with Gasteiger partial charge in [-0.05, 0) is 37.5 Å². The summed E-state index contributed by atoms with van der Waals surface area (Å²) in [5, 5.41) is 0. The fourth-order valence-corrected chi connectivity index (χ4v) is 3.04. The van der Waals surface area contributed by atoms with E-state index < -0.39 is 15.8 Å². The van der Waals surface area contributed by atoms with Crippen LogP contribution in [0.5, 0.6) is 0 Å². The number of nitrogens with one attached hydrogen (secondary N) is 1. The van der Waals surface area contributed by atoms with Gasteiger partial charge < -0.3 is 10.5 Å². The number of nitrogen functional groups attached to an aromatic ring is 1. The minimum atomic E-state index is -3.69. The normalized spacial score (nSPS) is 19.7. The predicted molar refractivity (Wildman–Crippen MR) is 69.6 cm³/mol. The molecular formula is C12H17FN2O3S. The Bertz CT molecular complexity index is 542. The van der Waals surface area contributed by atoms with E-state index in [1.54, 1.807) is 0 Å². The highest BCUT2D eigenvalue weighted by Gasteiger charge is 2.18. The Balaban J connectivity index is 1.95. The molecule has 7 heteroatoms. The maximum absolute atomic E-state index is 13.2. The van der Waals surface area contributed by atoms with Crippen LogP contribution in [0, 0.1) is 5.82 Å². The van der Waals surface area contributed by atoms with E-state index in [2.05, 4.69) is 4.72 Å². The van der Waals surface area contributed by atoms with Crippen molar-refractivity contribution in [2.75, 3.05) is 18.9 Å². The third-order valence-corrected chi connectivity index (χ3v) is 4.52. The minimum absolute atomic E-state index is 0.0710. The predicted octanol–water partition coefficient (Wildman–Crippen LogP) is 1.26. The number of nitrogens with two attached hydrogens (primary N) is 1. The van der Waals surface area contributed by atoms with E-state index in [1.165, 1.54) is 12.1 Å². The molecule has 0 aromatic heterocycles. The maximum Gasteiger partial charge on any atom is 0.240 e. The van der Waals surface area contributed by atoms with Crippen LogP contribution in [-0.2, 0) is 14.8 Å². The second-order valence-electron chi connectivity index (χ2n) is 4.50. The molecule has 2 rings (SSSR count). The quantitative estimate of drug-likeness (QED) is 0.799. The summed E-state index contributed by atoms with van der Waals surface area (Å²) < 4.78 is 44.9. The monoisotopic (exact) mass is 288 g/mol. The SMILES string of the molecule is Nc1ccc(S(=O)(=O)NCCC2CCCO2)cc1F. The fraction of sp³-hybridized carbons (Fsp3) is 0.500. The fourth-order valence-electron chi connectivity index (χ4n) is 1.98. The van der Waals surface area contributed by atoms with Crippen LogP contribution in [-0.4, -0.2) is 27.7 Å². The third-order valence-electron chi connectivity index (χ3n) is 3.06. The van der Waals surface area contributed by atoms with Crippen molar-refractivity contribution in [1.82, 2.24) is 4.72 Å². The lowest BCUT2D eigenvalue weighted by Gasteiger charge is -2.11. The topological polar surface area (TPSA) is 81.4 Å². The molecule has 0 amide bonds. The number of halogens is 1. The molecule has 0 aliphatic carbocycles. The number of anilines is 1. The van der Waals surface area contributed by atoms with Crippen molar-refractivity contribution < 1.29 is 17.5 Å². The number of rotatable bonds is 5. The Morgan fingerprint density at radius 3 is 2.89 bits per heavy atom. The second kappa shape index (κ2) is 5.85. The molecule has 1 fully saturated rings. The number of sulfonamides is 1. The molecule has 0 bridgehead atoms. The van der Waals surface area contributed by atoms with E-state index in [0.29, 0.717) is 6.42 Å². The summed E-state index contributed by atoms with van der Waals surface area (Å²) in [5.41, 5.74) is 5.24. The van der Waals surface area contributed by atoms with Gasteiger partial charge in [-0.1, -0.05) is 0 Å². The molecule has 1 saturated heterocycles. The van der Waals surface area contributed by atoms with Gasteiger partial charge in [-0.25, -0.2) is 17.5 Å². The van der Waals surface area contributed by atoms with E-state index >= 15 is 0 Å². The Morgan fingerprint density at radius 1 is 1.47 bits per heavy atom. The lowest BCUT2D eigenvalue weighted by Crippen LogP contribution is -2.27. The van der Waals surface area contributed by atoms with Crippen LogP contribution in [0.15, 0.2) is 23.1 Å². The van der Waals surface area contributed by atoms with Crippen LogP contribution >= 0.6 is 0 Å². The van der Waals surface area contributed by atoms with E-state index in [4.69, 9.17) is 10.5 Å². The van der Waals surface area contributed by atoms with E-state index in [0.717, 1.165) is 25.5 Å². The van der Waals surface area contributed by atoms with Gasteiger partial charge in [0.1, 0.15) is 5.82 Å². The molecule has 106 valence electrons. The van der Waals surface area contributed by atoms with Gasteiger partial charge in [0.2, 0.25) is 10.0 Å². The zero-order chi connectivity index (χ0) is 13.9. The number of hydrogen-bond donors (Lipinski definition) is 2. The highest BCUT2D eigenvalue weighted by Crippen LogP contribution is 2.17. The molecule has 1 heterocycles. The second-order valence-corrected chi connectivity index (χ2v) is 6.27. The van der Waals surface area contributed by atoms with Gasteiger partial charge >= 0.3 is 0 Å². The zero-order valence-electron chi connectivity index (χ0n) is 10.4. The first kappa shape index (κ1) is 14.2. The van der Waals surface area contributed by atoms with Crippen LogP contribution in [0.1, 0.15) is 19.3 Å². The summed E-state index contributed by atoms with van der Waals surface area (Å²) in [5.74, 6) is -0.734. The van der Waals surface area contributed by atoms with Crippen LogP contribution in [0.3, 0.4) is 0 Å². The van der Waals surface area contributed by atoms with Crippen LogP contribution in [0.4, 0.5) is 10.1 Å². The van der Waals surface area contributed by atoms with Crippen molar-refractivity contribution in [3.05, 3.63) is 24.0 Å². The summed E-state index contributed by atoms with van der Waals surface area (Å²) >= 11 is 0. The molecule has 1 aromatic rings. The van der Waals surface area contributed by atoms with Crippen molar-refractivity contribution in [2.24, 2.45) is 0 Å². The lowest BCUT2D eigenvalue weighted by molar-refractivity contribution is 0.105. The standard InChI is InChI=1S/C12H17FN2O3S/c13-11-8-10(3-4-12(11)14)19(16,17)15-6-5-9-2-1-7-18-9/h3-4,8-9,15H,1-2,5-7,14H2. The van der Waals surface area contributed by atoms with Crippen LogP contribution < -0.4 is 10.5 Å². The molecule has 0 spiro atoms. The summed E-state index contributed by atoms with van der Waals surface area (Å²) in [6.07, 6.45) is 2.71. The summed E-state index contributed by atoms with van der Waals surface area (Å²) in [6, 6.07) is 3.44. The van der Waals surface area contributed by atoms with Crippen molar-refractivity contribution in [2.45, 2.75) is 30.3 Å². The smallest absolute Gasteiger partial charge is 0.240 e. The van der Waals surface area contributed by atoms with E-state index in [1.807, 2.05) is 0 Å². The molecule has 3 N–H and O–H groups in total. The third kappa shape index (κ3) is 3.65. The van der Waals surface area contributed by atoms with Gasteiger partial charge in [0.05, 0.1) is 16.7 Å². The highest BCUT2D eigenvalue weighted by molar-refractivity contribution is 7.89. The first-order valence-electron chi connectivity index (χ1n) is 6.15. The molecule has 5 nitrogen and oxygen atoms in total. The molecule has 1 aliphatic heterocycles. The average Bonchev–Trinajstić information content (AvgIpc) is 2.85. The van der Waals surface area contributed by atoms with Gasteiger partial charge in [-0.15, -0.1) is 0 Å². The van der Waals surface area contributed by atoms with Gasteiger partial charge in [-0.2, -0.15) is 0 Å². The van der Waals surface area contributed by atoms with Crippen molar-refractivity contribution in [3.63, 3.8) is 0 Å². The van der Waals surface area contributed by atoms with Crippen molar-refractivity contribution in [1.29, 1.82) is 0 Å². The molecule has 1 aliphatic rings.